The Morgan fingerprint density at radius 2 is 2.18 bits per heavy atom. The maximum Gasteiger partial charge on any atom is 0.320 e. The minimum Gasteiger partial charge on any atom is -0.497 e. The molecule has 122 valence electrons. The molecule has 0 aromatic heterocycles. The Morgan fingerprint density at radius 1 is 1.41 bits per heavy atom. The molecule has 0 radical (unpaired) electrons. The van der Waals surface area contributed by atoms with E-state index in [1.165, 1.54) is 19.2 Å². The van der Waals surface area contributed by atoms with E-state index in [4.69, 9.17) is 4.74 Å². The molecule has 1 aromatic carbocycles. The van der Waals surface area contributed by atoms with Crippen LogP contribution in [0.4, 0.5) is 0 Å². The van der Waals surface area contributed by atoms with E-state index in [0.29, 0.717) is 18.7 Å². The monoisotopic (exact) mass is 327 g/mol. The number of rotatable bonds is 6. The van der Waals surface area contributed by atoms with Crippen molar-refractivity contribution in [2.24, 2.45) is 0 Å². The Morgan fingerprint density at radius 3 is 2.86 bits per heavy atom. The molecule has 7 heteroatoms. The van der Waals surface area contributed by atoms with Crippen molar-refractivity contribution in [3.05, 3.63) is 24.3 Å². The molecule has 1 aliphatic rings. The molecule has 1 atom stereocenters. The largest absolute Gasteiger partial charge is 0.497 e. The van der Waals surface area contributed by atoms with Crippen LogP contribution in [-0.2, 0) is 14.6 Å². The lowest BCUT2D eigenvalue weighted by atomic mass is 10.0. The number of piperidine rings is 1. The Kier molecular flexibility index (Phi) is 5.42. The van der Waals surface area contributed by atoms with Gasteiger partial charge in [-0.1, -0.05) is 12.5 Å². The van der Waals surface area contributed by atoms with Gasteiger partial charge in [-0.2, -0.15) is 0 Å². The summed E-state index contributed by atoms with van der Waals surface area (Å²) in [6, 6.07) is 5.76. The van der Waals surface area contributed by atoms with E-state index in [1.54, 1.807) is 17.0 Å². The predicted molar refractivity (Wildman–Crippen MR) is 81.9 cm³/mol. The van der Waals surface area contributed by atoms with Crippen LogP contribution < -0.4 is 4.74 Å². The molecule has 0 bridgehead atoms. The number of carboxylic acids is 1. The molecule has 1 aromatic rings. The van der Waals surface area contributed by atoms with Crippen LogP contribution in [0.3, 0.4) is 0 Å². The molecule has 6 nitrogen and oxygen atoms in total. The lowest BCUT2D eigenvalue weighted by Crippen LogP contribution is -2.46. The molecule has 2 rings (SSSR count). The molecule has 1 fully saturated rings. The van der Waals surface area contributed by atoms with Crippen molar-refractivity contribution < 1.29 is 23.1 Å². The van der Waals surface area contributed by atoms with Crippen molar-refractivity contribution in [1.82, 2.24) is 4.90 Å². The quantitative estimate of drug-likeness (QED) is 0.850. The molecular formula is C15H21NO5S. The van der Waals surface area contributed by atoms with E-state index in [-0.39, 0.29) is 17.2 Å². The Bertz CT molecular complexity index is 629. The topological polar surface area (TPSA) is 83.9 Å². The van der Waals surface area contributed by atoms with Gasteiger partial charge in [0.2, 0.25) is 0 Å². The van der Waals surface area contributed by atoms with Crippen LogP contribution in [0.25, 0.3) is 0 Å². The maximum absolute atomic E-state index is 12.4. The first-order valence-corrected chi connectivity index (χ1v) is 8.93. The molecule has 1 unspecified atom stereocenters. The first-order chi connectivity index (χ1) is 10.4. The number of carboxylic acid groups (broad SMARTS) is 1. The molecule has 0 saturated carbocycles. The maximum atomic E-state index is 12.4. The van der Waals surface area contributed by atoms with Crippen molar-refractivity contribution >= 4 is 15.8 Å². The molecule has 1 N–H and O–H groups in total. The number of ether oxygens (including phenoxy) is 1. The SMILES string of the molecule is COc1cccc(S(=O)(=O)CCN2CCCCC2C(=O)O)c1. The average molecular weight is 327 g/mol. The van der Waals surface area contributed by atoms with Gasteiger partial charge in [0.15, 0.2) is 9.84 Å². The summed E-state index contributed by atoms with van der Waals surface area (Å²) in [5, 5.41) is 9.22. The Balaban J connectivity index is 2.06. The van der Waals surface area contributed by atoms with Crippen molar-refractivity contribution in [2.75, 3.05) is 26.0 Å². The van der Waals surface area contributed by atoms with Gasteiger partial charge in [0.05, 0.1) is 17.8 Å². The van der Waals surface area contributed by atoms with E-state index in [1.807, 2.05) is 0 Å². The van der Waals surface area contributed by atoms with Crippen LogP contribution in [0.15, 0.2) is 29.2 Å². The second-order valence-corrected chi connectivity index (χ2v) is 7.49. The molecular weight excluding hydrogens is 306 g/mol. The second-order valence-electron chi connectivity index (χ2n) is 5.38. The predicted octanol–water partition coefficient (Wildman–Crippen LogP) is 1.41. The summed E-state index contributed by atoms with van der Waals surface area (Å²) in [7, 11) is -1.97. The minimum atomic E-state index is -3.46. The van der Waals surface area contributed by atoms with Crippen LogP contribution in [0.2, 0.25) is 0 Å². The Hall–Kier alpha value is -1.60. The number of carbonyl (C=O) groups is 1. The summed E-state index contributed by atoms with van der Waals surface area (Å²) in [5.41, 5.74) is 0. The Labute approximate surface area is 130 Å². The number of hydrogen-bond donors (Lipinski definition) is 1. The third-order valence-electron chi connectivity index (χ3n) is 3.95. The molecule has 0 amide bonds. The number of aliphatic carboxylic acids is 1. The van der Waals surface area contributed by atoms with E-state index in [2.05, 4.69) is 0 Å². The number of likely N-dealkylation sites (tertiary alicyclic amines) is 1. The highest BCUT2D eigenvalue weighted by molar-refractivity contribution is 7.91. The van der Waals surface area contributed by atoms with Gasteiger partial charge in [-0.25, -0.2) is 8.42 Å². The zero-order valence-corrected chi connectivity index (χ0v) is 13.4. The number of benzene rings is 1. The van der Waals surface area contributed by atoms with Crippen LogP contribution in [0, 0.1) is 0 Å². The third-order valence-corrected chi connectivity index (χ3v) is 5.64. The highest BCUT2D eigenvalue weighted by atomic mass is 32.2. The zero-order valence-electron chi connectivity index (χ0n) is 12.6. The van der Waals surface area contributed by atoms with Gasteiger partial charge < -0.3 is 9.84 Å². The first-order valence-electron chi connectivity index (χ1n) is 7.28. The van der Waals surface area contributed by atoms with Gasteiger partial charge in [0, 0.05) is 6.54 Å². The highest BCUT2D eigenvalue weighted by Crippen LogP contribution is 2.20. The molecule has 22 heavy (non-hydrogen) atoms. The fourth-order valence-electron chi connectivity index (χ4n) is 2.69. The van der Waals surface area contributed by atoms with E-state index in [0.717, 1.165) is 12.8 Å². The molecule has 1 heterocycles. The number of hydrogen-bond acceptors (Lipinski definition) is 5. The van der Waals surface area contributed by atoms with E-state index in [9.17, 15) is 18.3 Å². The fourth-order valence-corrected chi connectivity index (χ4v) is 3.98. The molecule has 1 aliphatic heterocycles. The zero-order chi connectivity index (χ0) is 16.2. The van der Waals surface area contributed by atoms with Crippen molar-refractivity contribution in [3.63, 3.8) is 0 Å². The summed E-state index contributed by atoms with van der Waals surface area (Å²) in [5.74, 6) is -0.481. The number of sulfone groups is 1. The van der Waals surface area contributed by atoms with Crippen LogP contribution >= 0.6 is 0 Å². The lowest BCUT2D eigenvalue weighted by molar-refractivity contribution is -0.144. The molecule has 0 spiro atoms. The molecule has 0 aliphatic carbocycles. The third kappa shape index (κ3) is 3.98. The summed E-state index contributed by atoms with van der Waals surface area (Å²) in [4.78, 5) is 13.2. The smallest absolute Gasteiger partial charge is 0.320 e. The molecule has 1 saturated heterocycles. The van der Waals surface area contributed by atoms with Gasteiger partial charge in [-0.3, -0.25) is 9.69 Å². The fraction of sp³-hybridized carbons (Fsp3) is 0.533. The normalized spacial score (nSPS) is 19.8. The van der Waals surface area contributed by atoms with Gasteiger partial charge in [-0.15, -0.1) is 0 Å². The summed E-state index contributed by atoms with van der Waals surface area (Å²) >= 11 is 0. The van der Waals surface area contributed by atoms with Gasteiger partial charge in [-0.05, 0) is 37.6 Å². The van der Waals surface area contributed by atoms with E-state index < -0.39 is 21.8 Å². The van der Waals surface area contributed by atoms with Crippen molar-refractivity contribution in [3.8, 4) is 5.75 Å². The summed E-state index contributed by atoms with van der Waals surface area (Å²) in [6.45, 7) is 0.862. The minimum absolute atomic E-state index is 0.0933. The van der Waals surface area contributed by atoms with Gasteiger partial charge in [0.25, 0.3) is 0 Å². The number of methoxy groups -OCH3 is 1. The highest BCUT2D eigenvalue weighted by Gasteiger charge is 2.29. The summed E-state index contributed by atoms with van der Waals surface area (Å²) in [6.07, 6.45) is 2.35. The first kappa shape index (κ1) is 16.8. The average Bonchev–Trinajstić information content (AvgIpc) is 2.53. The lowest BCUT2D eigenvalue weighted by Gasteiger charge is -2.32. The van der Waals surface area contributed by atoms with Gasteiger partial charge in [0.1, 0.15) is 11.8 Å². The van der Waals surface area contributed by atoms with Crippen molar-refractivity contribution in [2.45, 2.75) is 30.2 Å². The second kappa shape index (κ2) is 7.11. The number of nitrogens with zero attached hydrogens (tertiary/aromatic N) is 1. The van der Waals surface area contributed by atoms with Gasteiger partial charge >= 0.3 is 5.97 Å². The van der Waals surface area contributed by atoms with Crippen LogP contribution in [0.1, 0.15) is 19.3 Å². The summed E-state index contributed by atoms with van der Waals surface area (Å²) < 4.78 is 29.8. The van der Waals surface area contributed by atoms with E-state index >= 15 is 0 Å². The standard InChI is InChI=1S/C15H21NO5S/c1-21-12-5-4-6-13(11-12)22(19,20)10-9-16-8-3-2-7-14(16)15(17)18/h4-6,11,14H,2-3,7-10H2,1H3,(H,17,18). The van der Waals surface area contributed by atoms with Crippen LogP contribution in [0.5, 0.6) is 5.75 Å². The van der Waals surface area contributed by atoms with Crippen molar-refractivity contribution in [1.29, 1.82) is 0 Å². The van der Waals surface area contributed by atoms with Crippen LogP contribution in [-0.4, -0.2) is 56.4 Å².